The molecule has 0 saturated carbocycles. The highest BCUT2D eigenvalue weighted by Gasteiger charge is 2.16. The molecule has 3 rings (SSSR count). The van der Waals surface area contributed by atoms with Crippen LogP contribution in [0.5, 0.6) is 0 Å². The molecule has 0 radical (unpaired) electrons. The van der Waals surface area contributed by atoms with Crippen molar-refractivity contribution >= 4 is 34.6 Å². The van der Waals surface area contributed by atoms with Crippen molar-refractivity contribution in [2.45, 2.75) is 20.3 Å². The first-order chi connectivity index (χ1) is 11.9. The Labute approximate surface area is 153 Å². The Morgan fingerprint density at radius 3 is 2.16 bits per heavy atom. The number of aromatic carboxylic acids is 2. The molecule has 0 atom stereocenters. The summed E-state index contributed by atoms with van der Waals surface area (Å²) in [7, 11) is 0. The fourth-order valence-electron chi connectivity index (χ4n) is 2.80. The maximum absolute atomic E-state index is 11.5. The number of benzene rings is 1. The molecule has 2 N–H and O–H groups in total. The highest BCUT2D eigenvalue weighted by atomic mass is 32.1. The first kappa shape index (κ1) is 17.4. The number of carboxylic acid groups (broad SMARTS) is 2. The highest BCUT2D eigenvalue weighted by molar-refractivity contribution is 7.24. The Hall–Kier alpha value is -2.44. The third kappa shape index (κ3) is 3.36. The summed E-state index contributed by atoms with van der Waals surface area (Å²) in [6.07, 6.45) is 0.654. The molecule has 2 heterocycles. The van der Waals surface area contributed by atoms with Gasteiger partial charge in [0.15, 0.2) is 0 Å². The lowest BCUT2D eigenvalue weighted by molar-refractivity contribution is 0.0687. The lowest BCUT2D eigenvalue weighted by atomic mass is 9.96. The Morgan fingerprint density at radius 2 is 1.56 bits per heavy atom. The second-order valence-corrected chi connectivity index (χ2v) is 7.79. The molecule has 0 amide bonds. The number of rotatable bonds is 5. The summed E-state index contributed by atoms with van der Waals surface area (Å²) < 4.78 is 0. The van der Waals surface area contributed by atoms with Gasteiger partial charge in [-0.05, 0) is 66.4 Å². The van der Waals surface area contributed by atoms with E-state index in [2.05, 4.69) is 0 Å². The molecule has 0 spiro atoms. The van der Waals surface area contributed by atoms with E-state index in [0.717, 1.165) is 31.3 Å². The zero-order valence-electron chi connectivity index (χ0n) is 13.7. The van der Waals surface area contributed by atoms with Crippen LogP contribution in [0.2, 0.25) is 0 Å². The lowest BCUT2D eigenvalue weighted by Crippen LogP contribution is -2.05. The molecule has 0 aliphatic rings. The Bertz CT molecular complexity index is 966. The van der Waals surface area contributed by atoms with Crippen LogP contribution < -0.4 is 0 Å². The van der Waals surface area contributed by atoms with Crippen LogP contribution in [0.4, 0.5) is 0 Å². The number of hydrogen-bond acceptors (Lipinski definition) is 4. The molecule has 128 valence electrons. The monoisotopic (exact) mass is 372 g/mol. The van der Waals surface area contributed by atoms with E-state index in [1.165, 1.54) is 11.3 Å². The van der Waals surface area contributed by atoms with Gasteiger partial charge in [0.05, 0.1) is 5.56 Å². The largest absolute Gasteiger partial charge is 0.478 e. The van der Waals surface area contributed by atoms with Crippen LogP contribution in [-0.2, 0) is 6.42 Å². The molecule has 0 fully saturated rings. The third-order valence-corrected chi connectivity index (χ3v) is 6.37. The molecule has 6 heteroatoms. The average Bonchev–Trinajstić information content (AvgIpc) is 3.22. The van der Waals surface area contributed by atoms with Gasteiger partial charge in [0.1, 0.15) is 4.88 Å². The SMILES string of the molecule is CCc1cc(-c2ccc(-c3ccc(C(=O)O)s3)s2)cc(C)c1C(=O)O. The fourth-order valence-corrected chi connectivity index (χ4v) is 4.73. The predicted octanol–water partition coefficient (Wildman–Crippen LogP) is 5.41. The summed E-state index contributed by atoms with van der Waals surface area (Å²) in [5.41, 5.74) is 2.95. The molecule has 0 bridgehead atoms. The molecular formula is C19H16O4S2. The van der Waals surface area contributed by atoms with Gasteiger partial charge in [0, 0.05) is 14.6 Å². The van der Waals surface area contributed by atoms with Crippen molar-refractivity contribution in [3.63, 3.8) is 0 Å². The number of thiophene rings is 2. The van der Waals surface area contributed by atoms with E-state index < -0.39 is 11.9 Å². The summed E-state index contributed by atoms with van der Waals surface area (Å²) >= 11 is 2.83. The van der Waals surface area contributed by atoms with Gasteiger partial charge in [-0.15, -0.1) is 22.7 Å². The minimum atomic E-state index is -0.916. The van der Waals surface area contributed by atoms with Crippen molar-refractivity contribution in [1.29, 1.82) is 0 Å². The van der Waals surface area contributed by atoms with Gasteiger partial charge < -0.3 is 10.2 Å². The first-order valence-electron chi connectivity index (χ1n) is 7.71. The minimum Gasteiger partial charge on any atom is -0.478 e. The van der Waals surface area contributed by atoms with Gasteiger partial charge in [0.2, 0.25) is 0 Å². The molecule has 3 aromatic rings. The van der Waals surface area contributed by atoms with Gasteiger partial charge in [-0.1, -0.05) is 6.92 Å². The Morgan fingerprint density at radius 1 is 0.920 bits per heavy atom. The summed E-state index contributed by atoms with van der Waals surface area (Å²) in [5.74, 6) is -1.81. The Kier molecular flexibility index (Phi) is 4.74. The van der Waals surface area contributed by atoms with Gasteiger partial charge in [-0.25, -0.2) is 9.59 Å². The maximum Gasteiger partial charge on any atom is 0.345 e. The molecule has 0 unspecified atom stereocenters. The number of carbonyl (C=O) groups is 2. The second kappa shape index (κ2) is 6.82. The summed E-state index contributed by atoms with van der Waals surface area (Å²) in [5, 5.41) is 18.4. The minimum absolute atomic E-state index is 0.319. The molecule has 2 aromatic heterocycles. The second-order valence-electron chi connectivity index (χ2n) is 5.62. The highest BCUT2D eigenvalue weighted by Crippen LogP contribution is 2.38. The van der Waals surface area contributed by atoms with Crippen LogP contribution >= 0.6 is 22.7 Å². The maximum atomic E-state index is 11.5. The molecule has 4 nitrogen and oxygen atoms in total. The van der Waals surface area contributed by atoms with Crippen LogP contribution in [0.15, 0.2) is 36.4 Å². The zero-order valence-corrected chi connectivity index (χ0v) is 15.3. The van der Waals surface area contributed by atoms with Gasteiger partial charge in [-0.2, -0.15) is 0 Å². The molecule has 1 aromatic carbocycles. The van der Waals surface area contributed by atoms with E-state index in [4.69, 9.17) is 5.11 Å². The smallest absolute Gasteiger partial charge is 0.345 e. The molecule has 25 heavy (non-hydrogen) atoms. The fraction of sp³-hybridized carbons (Fsp3) is 0.158. The average molecular weight is 372 g/mol. The van der Waals surface area contributed by atoms with E-state index in [0.29, 0.717) is 16.9 Å². The topological polar surface area (TPSA) is 74.6 Å². The van der Waals surface area contributed by atoms with Crippen molar-refractivity contribution in [2.75, 3.05) is 0 Å². The summed E-state index contributed by atoms with van der Waals surface area (Å²) in [4.78, 5) is 25.8. The van der Waals surface area contributed by atoms with Crippen molar-refractivity contribution in [3.8, 4) is 20.2 Å². The third-order valence-electron chi connectivity index (χ3n) is 3.96. The molecule has 0 aliphatic heterocycles. The number of aryl methyl sites for hydroxylation is 2. The van der Waals surface area contributed by atoms with E-state index in [1.54, 1.807) is 17.4 Å². The van der Waals surface area contributed by atoms with E-state index in [9.17, 15) is 14.7 Å². The van der Waals surface area contributed by atoms with Crippen LogP contribution in [0.1, 0.15) is 38.1 Å². The number of carboxylic acids is 2. The number of hydrogen-bond donors (Lipinski definition) is 2. The van der Waals surface area contributed by atoms with Crippen LogP contribution in [0.3, 0.4) is 0 Å². The van der Waals surface area contributed by atoms with Crippen molar-refractivity contribution in [3.05, 3.63) is 58.0 Å². The predicted molar refractivity (Wildman–Crippen MR) is 101 cm³/mol. The van der Waals surface area contributed by atoms with Crippen molar-refractivity contribution in [2.24, 2.45) is 0 Å². The first-order valence-corrected chi connectivity index (χ1v) is 9.34. The molecule has 0 aliphatic carbocycles. The van der Waals surface area contributed by atoms with Gasteiger partial charge in [0.25, 0.3) is 0 Å². The van der Waals surface area contributed by atoms with Gasteiger partial charge in [-0.3, -0.25) is 0 Å². The van der Waals surface area contributed by atoms with Crippen LogP contribution in [0.25, 0.3) is 20.2 Å². The Balaban J connectivity index is 2.01. The van der Waals surface area contributed by atoms with Crippen molar-refractivity contribution < 1.29 is 19.8 Å². The van der Waals surface area contributed by atoms with E-state index >= 15 is 0 Å². The summed E-state index contributed by atoms with van der Waals surface area (Å²) in [6, 6.07) is 11.2. The van der Waals surface area contributed by atoms with E-state index in [-0.39, 0.29) is 0 Å². The van der Waals surface area contributed by atoms with Gasteiger partial charge >= 0.3 is 11.9 Å². The van der Waals surface area contributed by atoms with E-state index in [1.807, 2.05) is 44.2 Å². The van der Waals surface area contributed by atoms with Crippen LogP contribution in [0, 0.1) is 6.92 Å². The normalized spacial score (nSPS) is 10.8. The standard InChI is InChI=1S/C19H16O4S2/c1-3-11-9-12(8-10(2)17(11)19(22)23)13-4-5-14(24-13)15-6-7-16(25-15)18(20)21/h4-9H,3H2,1-2H3,(H,20,21)(H,22,23). The molecule has 0 saturated heterocycles. The van der Waals surface area contributed by atoms with Crippen LogP contribution in [-0.4, -0.2) is 22.2 Å². The van der Waals surface area contributed by atoms with Crippen molar-refractivity contribution in [1.82, 2.24) is 0 Å². The quantitative estimate of drug-likeness (QED) is 0.628. The molecular weight excluding hydrogens is 356 g/mol. The lowest BCUT2D eigenvalue weighted by Gasteiger charge is -2.10. The zero-order chi connectivity index (χ0) is 18.1. The summed E-state index contributed by atoms with van der Waals surface area (Å²) in [6.45, 7) is 3.77.